The Bertz CT molecular complexity index is 2910. The molecule has 4 aliphatic rings. The highest BCUT2D eigenvalue weighted by Crippen LogP contribution is 2.66. The summed E-state index contributed by atoms with van der Waals surface area (Å²) in [4.78, 5) is 79.4. The molecule has 17 heteroatoms. The van der Waals surface area contributed by atoms with Crippen molar-refractivity contribution in [2.75, 3.05) is 65.7 Å². The van der Waals surface area contributed by atoms with Crippen LogP contribution in [0.15, 0.2) is 115 Å². The number of aliphatic hydroxyl groups is 1. The number of benzene rings is 5. The quantitative estimate of drug-likeness (QED) is 0.0796. The van der Waals surface area contributed by atoms with E-state index in [1.54, 1.807) is 54.5 Å². The predicted octanol–water partition coefficient (Wildman–Crippen LogP) is 5.13. The minimum Gasteiger partial charge on any atom is -0.493 e. The van der Waals surface area contributed by atoms with Gasteiger partial charge in [-0.25, -0.2) is 14.5 Å². The molecule has 4 heterocycles. The van der Waals surface area contributed by atoms with Crippen LogP contribution in [-0.4, -0.2) is 112 Å². The number of urea groups is 1. The summed E-state index contributed by atoms with van der Waals surface area (Å²) in [6, 6.07) is 29.9. The molecule has 5 aromatic rings. The number of cyclic esters (lactones) is 1. The lowest BCUT2D eigenvalue weighted by Crippen LogP contribution is -2.57. The lowest BCUT2D eigenvalue weighted by Gasteiger charge is -2.46. The number of nitrogens with two attached hydrogens (primary N) is 1. The highest BCUT2D eigenvalue weighted by atomic mass is 16.6. The smallest absolute Gasteiger partial charge is 0.421 e. The van der Waals surface area contributed by atoms with Gasteiger partial charge in [-0.2, -0.15) is 0 Å². The van der Waals surface area contributed by atoms with Crippen LogP contribution in [0, 0.1) is 17.8 Å². The second-order valence-electron chi connectivity index (χ2n) is 17.4. The fourth-order valence-corrected chi connectivity index (χ4v) is 10.7. The van der Waals surface area contributed by atoms with E-state index in [1.165, 1.54) is 14.2 Å². The maximum absolute atomic E-state index is 16.6. The van der Waals surface area contributed by atoms with Crippen LogP contribution in [0.2, 0.25) is 0 Å². The van der Waals surface area contributed by atoms with Crippen molar-refractivity contribution in [2.24, 2.45) is 11.7 Å². The zero-order valence-electron chi connectivity index (χ0n) is 39.4. The molecule has 9 rings (SSSR count). The number of esters is 1. The number of carbonyl (C=O) groups is 5. The van der Waals surface area contributed by atoms with Crippen LogP contribution < -0.4 is 30.2 Å². The normalized spacial score (nSPS) is 22.1. The van der Waals surface area contributed by atoms with Gasteiger partial charge in [-0.15, -0.1) is 0 Å². The second kappa shape index (κ2) is 20.6. The number of aliphatic hydroxyl groups excluding tert-OH is 1. The number of hydrogen-bond acceptors (Lipinski definition) is 13. The number of nitrogens with one attached hydrogen (secondary N) is 1. The summed E-state index contributed by atoms with van der Waals surface area (Å²) in [5, 5.41) is 12.3. The van der Waals surface area contributed by atoms with E-state index in [-0.39, 0.29) is 57.3 Å². The Morgan fingerprint density at radius 3 is 2.21 bits per heavy atom. The van der Waals surface area contributed by atoms with Crippen LogP contribution in [0.5, 0.6) is 17.2 Å². The first kappa shape index (κ1) is 48.1. The molecule has 5 amide bonds. The molecule has 0 saturated carbocycles. The van der Waals surface area contributed by atoms with Gasteiger partial charge in [0.1, 0.15) is 36.5 Å². The van der Waals surface area contributed by atoms with Gasteiger partial charge in [0.25, 0.3) is 0 Å². The summed E-state index contributed by atoms with van der Waals surface area (Å²) in [6.07, 6.45) is -1.59. The van der Waals surface area contributed by atoms with Crippen LogP contribution >= 0.6 is 0 Å². The Morgan fingerprint density at radius 2 is 1.52 bits per heavy atom. The summed E-state index contributed by atoms with van der Waals surface area (Å²) < 4.78 is 34.9. The van der Waals surface area contributed by atoms with Crippen molar-refractivity contribution in [3.05, 3.63) is 154 Å². The second-order valence-corrected chi connectivity index (χ2v) is 17.4. The summed E-state index contributed by atoms with van der Waals surface area (Å²) in [5.74, 6) is 3.57. The average Bonchev–Trinajstić information content (AvgIpc) is 3.85. The summed E-state index contributed by atoms with van der Waals surface area (Å²) in [7, 11) is 4.53. The van der Waals surface area contributed by atoms with E-state index in [2.05, 4.69) is 17.2 Å². The molecular weight excluding hydrogens is 911 g/mol. The highest BCUT2D eigenvalue weighted by molar-refractivity contribution is 6.23. The predicted molar refractivity (Wildman–Crippen MR) is 257 cm³/mol. The van der Waals surface area contributed by atoms with Crippen molar-refractivity contribution in [2.45, 2.75) is 42.6 Å². The Balaban J connectivity index is 1.35. The molecule has 0 aromatic heterocycles. The lowest BCUT2D eigenvalue weighted by atomic mass is 9.64. The number of imide groups is 1. The Morgan fingerprint density at radius 1 is 0.817 bits per heavy atom. The molecule has 6 atom stereocenters. The molecule has 0 bridgehead atoms. The van der Waals surface area contributed by atoms with Crippen molar-refractivity contribution < 1.29 is 57.5 Å². The average molecular weight is 964 g/mol. The maximum Gasteiger partial charge on any atom is 0.421 e. The molecule has 0 radical (unpaired) electrons. The largest absolute Gasteiger partial charge is 0.493 e. The minimum absolute atomic E-state index is 0.0262. The van der Waals surface area contributed by atoms with Crippen molar-refractivity contribution in [1.29, 1.82) is 0 Å². The number of hydrogen-bond donors (Lipinski definition) is 3. The van der Waals surface area contributed by atoms with E-state index in [0.717, 1.165) is 21.6 Å². The third kappa shape index (κ3) is 8.75. The van der Waals surface area contributed by atoms with Gasteiger partial charge >= 0.3 is 18.1 Å². The number of ether oxygens (including phenoxy) is 6. The van der Waals surface area contributed by atoms with E-state index in [9.17, 15) is 14.7 Å². The van der Waals surface area contributed by atoms with E-state index >= 15 is 14.4 Å². The van der Waals surface area contributed by atoms with Crippen molar-refractivity contribution in [3.8, 4) is 29.1 Å². The number of anilines is 1. The molecule has 4 aliphatic heterocycles. The molecule has 5 aromatic carbocycles. The number of fused-ring (bicyclic) bond motifs is 4. The molecule has 2 fully saturated rings. The number of methoxy groups -OCH3 is 3. The monoisotopic (exact) mass is 963 g/mol. The molecule has 366 valence electrons. The Hall–Kier alpha value is -7.91. The van der Waals surface area contributed by atoms with Crippen molar-refractivity contribution >= 4 is 35.6 Å². The van der Waals surface area contributed by atoms with E-state index in [1.807, 2.05) is 77.7 Å². The number of primary amides is 1. The Kier molecular flexibility index (Phi) is 14.0. The number of amides is 5. The number of morpholine rings is 1. The fourth-order valence-electron chi connectivity index (χ4n) is 10.7. The molecule has 17 nitrogen and oxygen atoms in total. The minimum atomic E-state index is -2.12. The fraction of sp³-hybridized carbons (Fsp3) is 0.315. The summed E-state index contributed by atoms with van der Waals surface area (Å²) >= 11 is 0. The molecule has 0 aliphatic carbocycles. The van der Waals surface area contributed by atoms with Crippen molar-refractivity contribution in [1.82, 2.24) is 15.1 Å². The van der Waals surface area contributed by atoms with Gasteiger partial charge in [-0.1, -0.05) is 84.6 Å². The molecule has 4 N–H and O–H groups in total. The highest BCUT2D eigenvalue weighted by Gasteiger charge is 2.76. The Labute approximate surface area is 410 Å². The number of carbonyl (C=O) groups excluding carboxylic acids is 5. The summed E-state index contributed by atoms with van der Waals surface area (Å²) in [6.45, 7) is -0.344. The topological polar surface area (TPSA) is 209 Å². The number of rotatable bonds is 13. The molecule has 0 unspecified atom stereocenters. The van der Waals surface area contributed by atoms with Crippen LogP contribution in [-0.2, 0) is 47.0 Å². The van der Waals surface area contributed by atoms with E-state index in [0.29, 0.717) is 40.4 Å². The van der Waals surface area contributed by atoms with Gasteiger partial charge < -0.3 is 49.5 Å². The molecule has 71 heavy (non-hydrogen) atoms. The molecule has 1 spiro atoms. The van der Waals surface area contributed by atoms with E-state index in [4.69, 9.17) is 34.2 Å². The molecular formula is C54H53N5O12. The zero-order chi connectivity index (χ0) is 49.8. The van der Waals surface area contributed by atoms with Gasteiger partial charge in [0.15, 0.2) is 11.5 Å². The first-order chi connectivity index (χ1) is 34.5. The van der Waals surface area contributed by atoms with Crippen LogP contribution in [0.25, 0.3) is 0 Å². The number of nitrogens with zero attached hydrogens (tertiary/aromatic N) is 3. The summed E-state index contributed by atoms with van der Waals surface area (Å²) in [5.41, 5.74) is 7.46. The van der Waals surface area contributed by atoms with Gasteiger partial charge in [0.2, 0.25) is 11.8 Å². The third-order valence-electron chi connectivity index (χ3n) is 13.6. The zero-order valence-corrected chi connectivity index (χ0v) is 39.4. The van der Waals surface area contributed by atoms with Crippen LogP contribution in [0.3, 0.4) is 0 Å². The maximum atomic E-state index is 16.6. The lowest BCUT2D eigenvalue weighted by molar-refractivity contribution is -0.179. The van der Waals surface area contributed by atoms with Crippen LogP contribution in [0.1, 0.15) is 57.1 Å². The SMILES string of the molecule is COCCOC(=O)N1C(=O)[C@@]2(c3cc(C#CCNC(N)=O)ccc31)[C@H](C(=O)N1CCc3cc(OC)c(OC)cc3C1)[C@H]1C(=O)O[C@H](c3ccccc3)[C@H](c3ccccc3)N1[C@@H]2c1cccc(OCCO)c1. The standard InChI is InChI=1S/C54H53N5O12/c1-66-26-27-70-53(65)58-41-20-19-33(12-11-22-56-52(55)64)28-40(41)54(51(58)63)44(49(61)57-23-21-36-30-42(67-2)43(68-3)31-38(36)32-57)46-50(62)71-47(35-15-8-5-9-16-35)45(34-13-6-4-7-14-34)59(46)48(54)37-17-10-18-39(29-37)69-25-24-60/h4-10,13-20,28-31,44-48,60H,21-27,32H2,1-3H3,(H3,55,56,64)/t44-,45-,46-,47+,48+,54-/m0/s1. The van der Waals surface area contributed by atoms with Gasteiger partial charge in [0.05, 0.1) is 57.7 Å². The van der Waals surface area contributed by atoms with E-state index < -0.39 is 65.5 Å². The van der Waals surface area contributed by atoms with Gasteiger partial charge in [-0.05, 0) is 82.3 Å². The first-order valence-electron chi connectivity index (χ1n) is 23.2. The first-order valence-corrected chi connectivity index (χ1v) is 23.2. The third-order valence-corrected chi connectivity index (χ3v) is 13.6. The van der Waals surface area contributed by atoms with Crippen molar-refractivity contribution in [3.63, 3.8) is 0 Å². The van der Waals surface area contributed by atoms with Gasteiger partial charge in [0, 0.05) is 25.8 Å². The van der Waals surface area contributed by atoms with Crippen LogP contribution in [0.4, 0.5) is 15.3 Å². The van der Waals surface area contributed by atoms with Gasteiger partial charge in [-0.3, -0.25) is 19.3 Å². The molecule has 2 saturated heterocycles.